The maximum absolute atomic E-state index is 11.7. The molecule has 0 bridgehead atoms. The fraction of sp³-hybridized carbons (Fsp3) is 0.417. The number of hydrazone groups is 1. The first-order valence-electron chi connectivity index (χ1n) is 10.7. The number of hydrogen-bond donors (Lipinski definition) is 2. The van der Waals surface area contributed by atoms with Gasteiger partial charge in [0.25, 0.3) is 0 Å². The standard InChI is InChI=1S/C24H33N3O4/c1-4-6-14-29-22-13-10-20(16-23(22)30-15-7-5-2)24(31-18(3)28)27-21-11-8-19(9-12-21)17-26-25/h8-13,16-17,24,27H,4-7,14-15,25H2,1-3H3. The van der Waals surface area contributed by atoms with Gasteiger partial charge in [0.1, 0.15) is 0 Å². The SMILES string of the molecule is CCCCOc1ccc(C(Nc2ccc(C=NN)cc2)OC(C)=O)cc1OCCCC. The van der Waals surface area contributed by atoms with Crippen LogP contribution in [0.2, 0.25) is 0 Å². The molecule has 3 N–H and O–H groups in total. The van der Waals surface area contributed by atoms with E-state index in [1.807, 2.05) is 42.5 Å². The van der Waals surface area contributed by atoms with Crippen molar-refractivity contribution in [3.05, 3.63) is 53.6 Å². The van der Waals surface area contributed by atoms with E-state index in [0.29, 0.717) is 24.7 Å². The van der Waals surface area contributed by atoms with Crippen molar-refractivity contribution in [1.29, 1.82) is 0 Å². The lowest BCUT2D eigenvalue weighted by atomic mass is 10.1. The summed E-state index contributed by atoms with van der Waals surface area (Å²) in [5.41, 5.74) is 2.42. The van der Waals surface area contributed by atoms with Crippen LogP contribution in [-0.4, -0.2) is 25.4 Å². The highest BCUT2D eigenvalue weighted by Crippen LogP contribution is 2.33. The summed E-state index contributed by atoms with van der Waals surface area (Å²) in [4.78, 5) is 11.7. The topological polar surface area (TPSA) is 95.2 Å². The Kier molecular flexibility index (Phi) is 10.2. The minimum atomic E-state index is -0.676. The lowest BCUT2D eigenvalue weighted by molar-refractivity contribution is -0.145. The molecule has 0 aliphatic heterocycles. The molecule has 168 valence electrons. The second-order valence-corrected chi connectivity index (χ2v) is 7.14. The summed E-state index contributed by atoms with van der Waals surface area (Å²) in [6.07, 6.45) is 4.89. The first-order valence-corrected chi connectivity index (χ1v) is 10.7. The van der Waals surface area contributed by atoms with Crippen molar-refractivity contribution in [3.63, 3.8) is 0 Å². The number of benzene rings is 2. The summed E-state index contributed by atoms with van der Waals surface area (Å²) in [6, 6.07) is 13.1. The monoisotopic (exact) mass is 427 g/mol. The Labute approximate surface area is 184 Å². The van der Waals surface area contributed by atoms with Crippen LogP contribution in [0.4, 0.5) is 5.69 Å². The molecule has 2 rings (SSSR count). The van der Waals surface area contributed by atoms with Gasteiger partial charge in [-0.1, -0.05) is 38.8 Å². The number of unbranched alkanes of at least 4 members (excludes halogenated alkanes) is 2. The molecular weight excluding hydrogens is 394 g/mol. The highest BCUT2D eigenvalue weighted by Gasteiger charge is 2.18. The van der Waals surface area contributed by atoms with Crippen molar-refractivity contribution in [3.8, 4) is 11.5 Å². The van der Waals surface area contributed by atoms with Gasteiger partial charge in [0, 0.05) is 18.2 Å². The predicted octanol–water partition coefficient (Wildman–Crippen LogP) is 5.01. The van der Waals surface area contributed by atoms with Crippen LogP contribution < -0.4 is 20.6 Å². The molecule has 0 aromatic heterocycles. The molecule has 1 unspecified atom stereocenters. The van der Waals surface area contributed by atoms with Crippen molar-refractivity contribution in [1.82, 2.24) is 0 Å². The fourth-order valence-electron chi connectivity index (χ4n) is 2.82. The minimum absolute atomic E-state index is 0.388. The highest BCUT2D eigenvalue weighted by molar-refractivity contribution is 5.80. The second kappa shape index (κ2) is 13.2. The quantitative estimate of drug-likeness (QED) is 0.116. The van der Waals surface area contributed by atoms with Gasteiger partial charge in [-0.05, 0) is 48.7 Å². The average Bonchev–Trinajstić information content (AvgIpc) is 2.75. The normalized spacial score (nSPS) is 11.8. The Morgan fingerprint density at radius 1 is 1.03 bits per heavy atom. The summed E-state index contributed by atoms with van der Waals surface area (Å²) in [7, 11) is 0. The van der Waals surface area contributed by atoms with Crippen LogP contribution >= 0.6 is 0 Å². The van der Waals surface area contributed by atoms with Crippen molar-refractivity contribution in [2.24, 2.45) is 10.9 Å². The third kappa shape index (κ3) is 8.20. The molecule has 0 saturated carbocycles. The number of nitrogens with two attached hydrogens (primary N) is 1. The average molecular weight is 428 g/mol. The molecule has 2 aromatic carbocycles. The second-order valence-electron chi connectivity index (χ2n) is 7.14. The molecule has 0 spiro atoms. The van der Waals surface area contributed by atoms with E-state index < -0.39 is 6.23 Å². The van der Waals surface area contributed by atoms with Gasteiger partial charge in [-0.15, -0.1) is 0 Å². The third-order valence-corrected chi connectivity index (χ3v) is 4.50. The van der Waals surface area contributed by atoms with Gasteiger partial charge in [0.15, 0.2) is 17.7 Å². The number of anilines is 1. The van der Waals surface area contributed by atoms with Crippen molar-refractivity contribution >= 4 is 17.9 Å². The summed E-state index contributed by atoms with van der Waals surface area (Å²) in [5.74, 6) is 6.15. The van der Waals surface area contributed by atoms with Crippen LogP contribution in [0.1, 0.15) is 63.8 Å². The lowest BCUT2D eigenvalue weighted by Gasteiger charge is -2.22. The number of rotatable bonds is 13. The zero-order valence-corrected chi connectivity index (χ0v) is 18.6. The van der Waals surface area contributed by atoms with Crippen molar-refractivity contribution < 1.29 is 19.0 Å². The molecule has 7 heteroatoms. The first kappa shape index (κ1) is 24.1. The predicted molar refractivity (Wildman–Crippen MR) is 124 cm³/mol. The summed E-state index contributed by atoms with van der Waals surface area (Å²) < 4.78 is 17.4. The van der Waals surface area contributed by atoms with Crippen molar-refractivity contribution in [2.45, 2.75) is 52.7 Å². The number of esters is 1. The van der Waals surface area contributed by atoms with E-state index in [0.717, 1.165) is 42.5 Å². The van der Waals surface area contributed by atoms with Gasteiger partial charge in [-0.2, -0.15) is 5.10 Å². The summed E-state index contributed by atoms with van der Waals surface area (Å²) >= 11 is 0. The molecule has 0 saturated heterocycles. The Morgan fingerprint density at radius 3 is 2.26 bits per heavy atom. The number of nitrogens with zero attached hydrogens (tertiary/aromatic N) is 1. The van der Waals surface area contributed by atoms with E-state index in [-0.39, 0.29) is 5.97 Å². The van der Waals surface area contributed by atoms with Gasteiger partial charge in [-0.25, -0.2) is 0 Å². The van der Waals surface area contributed by atoms with Crippen molar-refractivity contribution in [2.75, 3.05) is 18.5 Å². The maximum Gasteiger partial charge on any atom is 0.304 e. The van der Waals surface area contributed by atoms with E-state index >= 15 is 0 Å². The Bertz CT molecular complexity index is 837. The molecule has 0 heterocycles. The molecule has 31 heavy (non-hydrogen) atoms. The molecule has 0 aliphatic rings. The van der Waals surface area contributed by atoms with E-state index in [9.17, 15) is 4.79 Å². The van der Waals surface area contributed by atoms with E-state index in [1.165, 1.54) is 6.92 Å². The number of carbonyl (C=O) groups excluding carboxylic acids is 1. The number of ether oxygens (including phenoxy) is 3. The van der Waals surface area contributed by atoms with Gasteiger partial charge in [0.2, 0.25) is 0 Å². The van der Waals surface area contributed by atoms with Crippen LogP contribution in [0, 0.1) is 0 Å². The van der Waals surface area contributed by atoms with E-state index in [1.54, 1.807) is 6.21 Å². The molecular formula is C24H33N3O4. The van der Waals surface area contributed by atoms with Crippen LogP contribution in [0.25, 0.3) is 0 Å². The summed E-state index contributed by atoms with van der Waals surface area (Å²) in [6.45, 7) is 6.85. The van der Waals surface area contributed by atoms with Gasteiger partial charge >= 0.3 is 5.97 Å². The van der Waals surface area contributed by atoms with Crippen LogP contribution in [0.5, 0.6) is 11.5 Å². The van der Waals surface area contributed by atoms with Crippen LogP contribution in [0.15, 0.2) is 47.6 Å². The zero-order chi connectivity index (χ0) is 22.5. The molecule has 7 nitrogen and oxygen atoms in total. The Balaban J connectivity index is 2.26. The van der Waals surface area contributed by atoms with Gasteiger partial charge < -0.3 is 25.4 Å². The summed E-state index contributed by atoms with van der Waals surface area (Å²) in [5, 5.41) is 6.77. The largest absolute Gasteiger partial charge is 0.490 e. The first-order chi connectivity index (χ1) is 15.1. The van der Waals surface area contributed by atoms with Crippen LogP contribution in [-0.2, 0) is 9.53 Å². The van der Waals surface area contributed by atoms with Gasteiger partial charge in [0.05, 0.1) is 19.4 Å². The molecule has 0 radical (unpaired) electrons. The maximum atomic E-state index is 11.7. The third-order valence-electron chi connectivity index (χ3n) is 4.50. The molecule has 2 aromatic rings. The molecule has 0 aliphatic carbocycles. The number of hydrogen-bond acceptors (Lipinski definition) is 7. The zero-order valence-electron chi connectivity index (χ0n) is 18.6. The Hall–Kier alpha value is -3.22. The molecule has 0 fully saturated rings. The van der Waals surface area contributed by atoms with E-state index in [4.69, 9.17) is 20.1 Å². The smallest absolute Gasteiger partial charge is 0.304 e. The lowest BCUT2D eigenvalue weighted by Crippen LogP contribution is -2.17. The highest BCUT2D eigenvalue weighted by atomic mass is 16.6. The number of carbonyl (C=O) groups is 1. The Morgan fingerprint density at radius 2 is 1.68 bits per heavy atom. The van der Waals surface area contributed by atoms with Crippen LogP contribution in [0.3, 0.4) is 0 Å². The number of nitrogens with one attached hydrogen (secondary N) is 1. The van der Waals surface area contributed by atoms with E-state index in [2.05, 4.69) is 24.3 Å². The molecule has 1 atom stereocenters. The van der Waals surface area contributed by atoms with Gasteiger partial charge in [-0.3, -0.25) is 4.79 Å². The molecule has 0 amide bonds. The fourth-order valence-corrected chi connectivity index (χ4v) is 2.82. The minimum Gasteiger partial charge on any atom is -0.490 e.